The zero-order valence-corrected chi connectivity index (χ0v) is 13.2. The molecule has 0 atom stereocenters. The minimum atomic E-state index is -3.82. The molecule has 0 aromatic heterocycles. The van der Waals surface area contributed by atoms with Crippen LogP contribution in [0.4, 0.5) is 10.1 Å². The molecule has 0 radical (unpaired) electrons. The predicted molar refractivity (Wildman–Crippen MR) is 81.5 cm³/mol. The first kappa shape index (κ1) is 16.1. The maximum Gasteiger partial charge on any atom is 0.262 e. The number of anilines is 1. The summed E-state index contributed by atoms with van der Waals surface area (Å²) in [7, 11) is -0.870. The fourth-order valence-corrected chi connectivity index (χ4v) is 3.30. The lowest BCUT2D eigenvalue weighted by Crippen LogP contribution is -2.14. The van der Waals surface area contributed by atoms with Crippen LogP contribution in [-0.4, -0.2) is 22.6 Å². The third-order valence-corrected chi connectivity index (χ3v) is 4.60. The van der Waals surface area contributed by atoms with Gasteiger partial charge in [0, 0.05) is 6.07 Å². The minimum Gasteiger partial charge on any atom is -0.493 e. The molecule has 0 fully saturated rings. The molecule has 0 aliphatic heterocycles. The standard InChI is InChI=1S/C15H16FNO4S/c1-10-8-11(16)4-7-15(10)22(18,19)17-12-5-6-13(20-2)14(9-12)21-3/h4-9,17H,1-3H3. The predicted octanol–water partition coefficient (Wildman–Crippen LogP) is 2.95. The molecule has 5 nitrogen and oxygen atoms in total. The summed E-state index contributed by atoms with van der Waals surface area (Å²) in [6, 6.07) is 8.16. The van der Waals surface area contributed by atoms with E-state index in [1.54, 1.807) is 12.1 Å². The molecule has 0 bridgehead atoms. The number of sulfonamides is 1. The van der Waals surface area contributed by atoms with Gasteiger partial charge in [0.1, 0.15) is 5.82 Å². The molecule has 1 N–H and O–H groups in total. The van der Waals surface area contributed by atoms with Crippen LogP contribution in [-0.2, 0) is 10.0 Å². The molecule has 0 unspecified atom stereocenters. The second-order valence-corrected chi connectivity index (χ2v) is 6.24. The van der Waals surface area contributed by atoms with Gasteiger partial charge in [-0.1, -0.05) is 0 Å². The van der Waals surface area contributed by atoms with Crippen molar-refractivity contribution >= 4 is 15.7 Å². The summed E-state index contributed by atoms with van der Waals surface area (Å²) in [5.41, 5.74) is 0.648. The van der Waals surface area contributed by atoms with Crippen molar-refractivity contribution in [2.75, 3.05) is 18.9 Å². The second-order valence-electron chi connectivity index (χ2n) is 4.59. The van der Waals surface area contributed by atoms with E-state index in [9.17, 15) is 12.8 Å². The molecular weight excluding hydrogens is 309 g/mol. The number of ether oxygens (including phenoxy) is 2. The van der Waals surface area contributed by atoms with Crippen LogP contribution >= 0.6 is 0 Å². The molecule has 7 heteroatoms. The molecule has 0 saturated heterocycles. The van der Waals surface area contributed by atoms with Crippen LogP contribution in [0, 0.1) is 12.7 Å². The summed E-state index contributed by atoms with van der Waals surface area (Å²) in [4.78, 5) is 0.0173. The van der Waals surface area contributed by atoms with Crippen molar-refractivity contribution < 1.29 is 22.3 Å². The summed E-state index contributed by atoms with van der Waals surface area (Å²) in [6.45, 7) is 1.53. The Kier molecular flexibility index (Phi) is 4.56. The molecule has 0 aliphatic carbocycles. The van der Waals surface area contributed by atoms with Crippen LogP contribution < -0.4 is 14.2 Å². The van der Waals surface area contributed by atoms with E-state index in [1.807, 2.05) is 0 Å². The van der Waals surface area contributed by atoms with Gasteiger partial charge < -0.3 is 9.47 Å². The van der Waals surface area contributed by atoms with Gasteiger partial charge in [-0.15, -0.1) is 0 Å². The van der Waals surface area contributed by atoms with Gasteiger partial charge in [0.15, 0.2) is 11.5 Å². The zero-order chi connectivity index (χ0) is 16.3. The van der Waals surface area contributed by atoms with E-state index in [1.165, 1.54) is 39.3 Å². The lowest BCUT2D eigenvalue weighted by atomic mass is 10.2. The van der Waals surface area contributed by atoms with E-state index in [-0.39, 0.29) is 4.90 Å². The van der Waals surface area contributed by atoms with Gasteiger partial charge in [0.2, 0.25) is 0 Å². The maximum atomic E-state index is 13.1. The van der Waals surface area contributed by atoms with Crippen molar-refractivity contribution in [3.8, 4) is 11.5 Å². The van der Waals surface area contributed by atoms with Crippen LogP contribution in [0.5, 0.6) is 11.5 Å². The highest BCUT2D eigenvalue weighted by Gasteiger charge is 2.18. The van der Waals surface area contributed by atoms with E-state index in [2.05, 4.69) is 4.72 Å². The van der Waals surface area contributed by atoms with Crippen molar-refractivity contribution in [1.82, 2.24) is 0 Å². The van der Waals surface area contributed by atoms with Crippen molar-refractivity contribution in [2.24, 2.45) is 0 Å². The SMILES string of the molecule is COc1ccc(NS(=O)(=O)c2ccc(F)cc2C)cc1OC. The largest absolute Gasteiger partial charge is 0.493 e. The maximum absolute atomic E-state index is 13.1. The number of nitrogens with one attached hydrogen (secondary N) is 1. The van der Waals surface area contributed by atoms with Crippen LogP contribution in [0.1, 0.15) is 5.56 Å². The third-order valence-electron chi connectivity index (χ3n) is 3.06. The Morgan fingerprint density at radius 1 is 1.00 bits per heavy atom. The fraction of sp³-hybridized carbons (Fsp3) is 0.200. The van der Waals surface area contributed by atoms with E-state index in [4.69, 9.17) is 9.47 Å². The number of aryl methyl sites for hydroxylation is 1. The second kappa shape index (κ2) is 6.23. The minimum absolute atomic E-state index is 0.0173. The Morgan fingerprint density at radius 3 is 2.27 bits per heavy atom. The fourth-order valence-electron chi connectivity index (χ4n) is 2.02. The van der Waals surface area contributed by atoms with E-state index < -0.39 is 15.8 Å². The average molecular weight is 325 g/mol. The van der Waals surface area contributed by atoms with Gasteiger partial charge in [0.05, 0.1) is 24.8 Å². The summed E-state index contributed by atoms with van der Waals surface area (Å²) >= 11 is 0. The number of hydrogen-bond acceptors (Lipinski definition) is 4. The number of halogens is 1. The van der Waals surface area contributed by atoms with Crippen LogP contribution in [0.15, 0.2) is 41.3 Å². The third kappa shape index (κ3) is 3.30. The lowest BCUT2D eigenvalue weighted by Gasteiger charge is -2.13. The van der Waals surface area contributed by atoms with E-state index in [0.29, 0.717) is 22.7 Å². The van der Waals surface area contributed by atoms with Crippen molar-refractivity contribution in [3.05, 3.63) is 47.8 Å². The number of rotatable bonds is 5. The smallest absolute Gasteiger partial charge is 0.262 e. The molecule has 0 saturated carbocycles. The number of methoxy groups -OCH3 is 2. The average Bonchev–Trinajstić information content (AvgIpc) is 2.46. The van der Waals surface area contributed by atoms with E-state index in [0.717, 1.165) is 6.07 Å². The van der Waals surface area contributed by atoms with Crippen molar-refractivity contribution in [1.29, 1.82) is 0 Å². The van der Waals surface area contributed by atoms with Gasteiger partial charge >= 0.3 is 0 Å². The molecule has 0 aliphatic rings. The first-order valence-electron chi connectivity index (χ1n) is 6.38. The van der Waals surface area contributed by atoms with Crippen LogP contribution in [0.3, 0.4) is 0 Å². The van der Waals surface area contributed by atoms with Gasteiger partial charge in [-0.05, 0) is 42.8 Å². The Morgan fingerprint density at radius 2 is 1.68 bits per heavy atom. The molecule has 2 aromatic rings. The number of hydrogen-bond donors (Lipinski definition) is 1. The monoisotopic (exact) mass is 325 g/mol. The summed E-state index contributed by atoms with van der Waals surface area (Å²) < 4.78 is 50.5. The highest BCUT2D eigenvalue weighted by Crippen LogP contribution is 2.31. The summed E-state index contributed by atoms with van der Waals surface area (Å²) in [6.07, 6.45) is 0. The molecule has 22 heavy (non-hydrogen) atoms. The molecule has 0 spiro atoms. The zero-order valence-electron chi connectivity index (χ0n) is 12.4. The van der Waals surface area contributed by atoms with Crippen molar-refractivity contribution in [3.63, 3.8) is 0 Å². The Balaban J connectivity index is 2.36. The molecule has 2 rings (SSSR count). The topological polar surface area (TPSA) is 64.6 Å². The van der Waals surface area contributed by atoms with Gasteiger partial charge in [0.25, 0.3) is 10.0 Å². The number of benzene rings is 2. The summed E-state index contributed by atoms with van der Waals surface area (Å²) in [5, 5.41) is 0. The van der Waals surface area contributed by atoms with Crippen LogP contribution in [0.2, 0.25) is 0 Å². The van der Waals surface area contributed by atoms with E-state index >= 15 is 0 Å². The van der Waals surface area contributed by atoms with Crippen molar-refractivity contribution in [2.45, 2.75) is 11.8 Å². The highest BCUT2D eigenvalue weighted by atomic mass is 32.2. The van der Waals surface area contributed by atoms with Crippen LogP contribution in [0.25, 0.3) is 0 Å². The summed E-state index contributed by atoms with van der Waals surface area (Å²) in [5.74, 6) is 0.407. The first-order chi connectivity index (χ1) is 10.4. The lowest BCUT2D eigenvalue weighted by molar-refractivity contribution is 0.355. The first-order valence-corrected chi connectivity index (χ1v) is 7.86. The van der Waals surface area contributed by atoms with Gasteiger partial charge in [-0.2, -0.15) is 0 Å². The molecule has 0 amide bonds. The molecule has 2 aromatic carbocycles. The quantitative estimate of drug-likeness (QED) is 0.918. The molecule has 118 valence electrons. The Bertz CT molecular complexity index is 790. The molecule has 0 heterocycles. The van der Waals surface area contributed by atoms with Gasteiger partial charge in [-0.25, -0.2) is 12.8 Å². The normalized spacial score (nSPS) is 11.1. The highest BCUT2D eigenvalue weighted by molar-refractivity contribution is 7.92. The van der Waals surface area contributed by atoms with Gasteiger partial charge in [-0.3, -0.25) is 4.72 Å². The Hall–Kier alpha value is -2.28. The Labute approximate surface area is 128 Å². The molecular formula is C15H16FNO4S.